The topological polar surface area (TPSA) is 42.4 Å². The number of hydrogen-bond donors (Lipinski definition) is 1. The summed E-state index contributed by atoms with van der Waals surface area (Å²) in [4.78, 5) is 2.42. The highest BCUT2D eigenvalue weighted by Gasteiger charge is 2.27. The van der Waals surface area contributed by atoms with Crippen molar-refractivity contribution in [2.45, 2.75) is 38.3 Å². The number of furan rings is 1. The summed E-state index contributed by atoms with van der Waals surface area (Å²) in [5, 5.41) is 1.19. The largest absolute Gasteiger partial charge is 0.460 e. The SMILES string of the molecule is CN(Cc1cc2ccccc2o1)C1CCCCC1CN. The average Bonchev–Trinajstić information content (AvgIpc) is 2.89. The molecule has 0 bridgehead atoms. The van der Waals surface area contributed by atoms with Crippen LogP contribution in [-0.2, 0) is 6.54 Å². The lowest BCUT2D eigenvalue weighted by Crippen LogP contribution is -2.42. The van der Waals surface area contributed by atoms with E-state index >= 15 is 0 Å². The third-order valence-electron chi connectivity index (χ3n) is 4.62. The molecule has 0 saturated heterocycles. The highest BCUT2D eigenvalue weighted by atomic mass is 16.3. The highest BCUT2D eigenvalue weighted by molar-refractivity contribution is 5.77. The van der Waals surface area contributed by atoms with Crippen molar-refractivity contribution in [2.24, 2.45) is 11.7 Å². The normalized spacial score (nSPS) is 23.6. The molecule has 1 aliphatic carbocycles. The molecule has 3 heteroatoms. The van der Waals surface area contributed by atoms with E-state index in [4.69, 9.17) is 10.2 Å². The average molecular weight is 272 g/mol. The van der Waals surface area contributed by atoms with Gasteiger partial charge in [-0.15, -0.1) is 0 Å². The number of nitrogens with two attached hydrogens (primary N) is 1. The maximum atomic E-state index is 5.94. The Morgan fingerprint density at radius 2 is 2.05 bits per heavy atom. The number of nitrogens with zero attached hydrogens (tertiary/aromatic N) is 1. The van der Waals surface area contributed by atoms with Crippen LogP contribution >= 0.6 is 0 Å². The Morgan fingerprint density at radius 1 is 1.25 bits per heavy atom. The van der Waals surface area contributed by atoms with Crippen LogP contribution in [0.15, 0.2) is 34.7 Å². The number of benzene rings is 1. The van der Waals surface area contributed by atoms with Gasteiger partial charge in [0.25, 0.3) is 0 Å². The molecule has 0 amide bonds. The van der Waals surface area contributed by atoms with E-state index in [1.165, 1.54) is 31.1 Å². The fourth-order valence-electron chi connectivity index (χ4n) is 3.52. The molecular weight excluding hydrogens is 248 g/mol. The van der Waals surface area contributed by atoms with Gasteiger partial charge in [-0.25, -0.2) is 0 Å². The molecule has 1 fully saturated rings. The summed E-state index contributed by atoms with van der Waals surface area (Å²) in [6.45, 7) is 1.67. The molecule has 3 rings (SSSR count). The summed E-state index contributed by atoms with van der Waals surface area (Å²) in [5.74, 6) is 1.69. The van der Waals surface area contributed by atoms with Gasteiger partial charge >= 0.3 is 0 Å². The van der Waals surface area contributed by atoms with Crippen LogP contribution in [0.5, 0.6) is 0 Å². The van der Waals surface area contributed by atoms with Crippen LogP contribution in [-0.4, -0.2) is 24.5 Å². The fraction of sp³-hybridized carbons (Fsp3) is 0.529. The molecule has 2 aromatic rings. The summed E-state index contributed by atoms with van der Waals surface area (Å²) < 4.78 is 5.93. The van der Waals surface area contributed by atoms with E-state index in [1.807, 2.05) is 12.1 Å². The van der Waals surface area contributed by atoms with Crippen molar-refractivity contribution < 1.29 is 4.42 Å². The van der Waals surface area contributed by atoms with Gasteiger partial charge in [0.1, 0.15) is 11.3 Å². The van der Waals surface area contributed by atoms with Gasteiger partial charge in [0.05, 0.1) is 6.54 Å². The molecule has 0 spiro atoms. The van der Waals surface area contributed by atoms with E-state index in [1.54, 1.807) is 0 Å². The Labute approximate surface area is 120 Å². The number of hydrogen-bond acceptors (Lipinski definition) is 3. The predicted molar refractivity (Wildman–Crippen MR) is 82.5 cm³/mol. The van der Waals surface area contributed by atoms with Gasteiger partial charge in [-0.2, -0.15) is 0 Å². The van der Waals surface area contributed by atoms with Crippen LogP contribution in [0.3, 0.4) is 0 Å². The Balaban J connectivity index is 1.72. The number of para-hydroxylation sites is 1. The first-order valence-electron chi connectivity index (χ1n) is 7.65. The molecule has 0 radical (unpaired) electrons. The molecule has 1 heterocycles. The quantitative estimate of drug-likeness (QED) is 0.927. The van der Waals surface area contributed by atoms with Crippen molar-refractivity contribution >= 4 is 11.0 Å². The van der Waals surface area contributed by atoms with Crippen LogP contribution in [0.25, 0.3) is 11.0 Å². The molecule has 2 unspecified atom stereocenters. The van der Waals surface area contributed by atoms with Gasteiger partial charge in [-0.05, 0) is 44.5 Å². The molecule has 1 aromatic heterocycles. The van der Waals surface area contributed by atoms with Crippen molar-refractivity contribution in [3.8, 4) is 0 Å². The van der Waals surface area contributed by atoms with Crippen molar-refractivity contribution in [1.82, 2.24) is 4.90 Å². The standard InChI is InChI=1S/C17H24N2O/c1-19(16-8-4-2-7-14(16)11-18)12-15-10-13-6-3-5-9-17(13)20-15/h3,5-6,9-10,14,16H,2,4,7-8,11-12,18H2,1H3. The first-order valence-corrected chi connectivity index (χ1v) is 7.65. The summed E-state index contributed by atoms with van der Waals surface area (Å²) in [7, 11) is 2.20. The molecular formula is C17H24N2O. The Morgan fingerprint density at radius 3 is 2.85 bits per heavy atom. The minimum Gasteiger partial charge on any atom is -0.460 e. The monoisotopic (exact) mass is 272 g/mol. The van der Waals surface area contributed by atoms with Gasteiger partial charge < -0.3 is 10.2 Å². The molecule has 1 aromatic carbocycles. The van der Waals surface area contributed by atoms with Crippen LogP contribution < -0.4 is 5.73 Å². The second kappa shape index (κ2) is 5.98. The Hall–Kier alpha value is -1.32. The summed E-state index contributed by atoms with van der Waals surface area (Å²) >= 11 is 0. The van der Waals surface area contributed by atoms with Gasteiger partial charge in [0, 0.05) is 11.4 Å². The zero-order valence-corrected chi connectivity index (χ0v) is 12.2. The smallest absolute Gasteiger partial charge is 0.134 e. The molecule has 3 nitrogen and oxygen atoms in total. The lowest BCUT2D eigenvalue weighted by atomic mass is 9.83. The maximum Gasteiger partial charge on any atom is 0.134 e. The van der Waals surface area contributed by atoms with Crippen LogP contribution in [0.4, 0.5) is 0 Å². The lowest BCUT2D eigenvalue weighted by Gasteiger charge is -2.37. The van der Waals surface area contributed by atoms with Crippen LogP contribution in [0, 0.1) is 5.92 Å². The molecule has 1 saturated carbocycles. The van der Waals surface area contributed by atoms with Crippen molar-refractivity contribution in [3.63, 3.8) is 0 Å². The van der Waals surface area contributed by atoms with E-state index in [0.29, 0.717) is 12.0 Å². The predicted octanol–water partition coefficient (Wildman–Crippen LogP) is 3.38. The molecule has 2 atom stereocenters. The summed E-state index contributed by atoms with van der Waals surface area (Å²) in [6, 6.07) is 11.0. The molecule has 1 aliphatic rings. The zero-order valence-electron chi connectivity index (χ0n) is 12.2. The second-order valence-corrected chi connectivity index (χ2v) is 6.01. The summed E-state index contributed by atoms with van der Waals surface area (Å²) in [6.07, 6.45) is 5.19. The van der Waals surface area contributed by atoms with Crippen molar-refractivity contribution in [1.29, 1.82) is 0 Å². The van der Waals surface area contributed by atoms with E-state index < -0.39 is 0 Å². The maximum absolute atomic E-state index is 5.94. The highest BCUT2D eigenvalue weighted by Crippen LogP contribution is 2.29. The van der Waals surface area contributed by atoms with Crippen molar-refractivity contribution in [2.75, 3.05) is 13.6 Å². The minimum absolute atomic E-state index is 0.599. The van der Waals surface area contributed by atoms with Crippen LogP contribution in [0.2, 0.25) is 0 Å². The number of rotatable bonds is 4. The minimum atomic E-state index is 0.599. The molecule has 2 N–H and O–H groups in total. The van der Waals surface area contributed by atoms with Gasteiger partial charge in [0.2, 0.25) is 0 Å². The Kier molecular flexibility index (Phi) is 4.08. The first-order chi connectivity index (χ1) is 9.78. The number of fused-ring (bicyclic) bond motifs is 1. The Bertz CT molecular complexity index is 530. The van der Waals surface area contributed by atoms with Crippen LogP contribution in [0.1, 0.15) is 31.4 Å². The van der Waals surface area contributed by atoms with E-state index in [9.17, 15) is 0 Å². The second-order valence-electron chi connectivity index (χ2n) is 6.01. The molecule has 0 aliphatic heterocycles. The van der Waals surface area contributed by atoms with E-state index in [2.05, 4.69) is 30.1 Å². The lowest BCUT2D eigenvalue weighted by molar-refractivity contribution is 0.121. The first kappa shape index (κ1) is 13.7. The van der Waals surface area contributed by atoms with E-state index in [-0.39, 0.29) is 0 Å². The molecule has 108 valence electrons. The van der Waals surface area contributed by atoms with Crippen molar-refractivity contribution in [3.05, 3.63) is 36.1 Å². The fourth-order valence-corrected chi connectivity index (χ4v) is 3.52. The van der Waals surface area contributed by atoms with Gasteiger partial charge in [-0.1, -0.05) is 31.0 Å². The zero-order chi connectivity index (χ0) is 13.9. The van der Waals surface area contributed by atoms with E-state index in [0.717, 1.165) is 24.4 Å². The third-order valence-corrected chi connectivity index (χ3v) is 4.62. The van der Waals surface area contributed by atoms with Gasteiger partial charge in [0.15, 0.2) is 0 Å². The summed E-state index contributed by atoms with van der Waals surface area (Å²) in [5.41, 5.74) is 6.92. The van der Waals surface area contributed by atoms with Gasteiger partial charge in [-0.3, -0.25) is 4.90 Å². The molecule has 20 heavy (non-hydrogen) atoms. The third kappa shape index (κ3) is 2.74.